The minimum absolute atomic E-state index is 0.00295. The van der Waals surface area contributed by atoms with E-state index in [1.165, 1.54) is 18.2 Å². The van der Waals surface area contributed by atoms with Crippen LogP contribution in [0.25, 0.3) is 0 Å². The molecule has 1 aromatic carbocycles. The van der Waals surface area contributed by atoms with Crippen LogP contribution in [0.4, 0.5) is 10.1 Å². The molecule has 0 bridgehead atoms. The van der Waals surface area contributed by atoms with Gasteiger partial charge in [0.2, 0.25) is 0 Å². The standard InChI is InChI=1S/C14H21FN4O/c1-18-5-6-19(2)11(9-18)8-17-14(20)12-7-10(16)3-4-13(12)15/h3-4,7,11H,5-6,8-9,16H2,1-2H3,(H,17,20). The number of carbonyl (C=O) groups excluding carboxylic acids is 1. The zero-order valence-corrected chi connectivity index (χ0v) is 11.9. The van der Waals surface area contributed by atoms with Crippen LogP contribution in [-0.2, 0) is 0 Å². The van der Waals surface area contributed by atoms with Crippen LogP contribution in [0.2, 0.25) is 0 Å². The first kappa shape index (κ1) is 14.7. The van der Waals surface area contributed by atoms with E-state index in [0.717, 1.165) is 19.6 Å². The molecule has 2 rings (SSSR count). The molecule has 20 heavy (non-hydrogen) atoms. The number of amides is 1. The smallest absolute Gasteiger partial charge is 0.254 e. The Kier molecular flexibility index (Phi) is 4.57. The van der Waals surface area contributed by atoms with E-state index in [0.29, 0.717) is 12.2 Å². The van der Waals surface area contributed by atoms with E-state index in [4.69, 9.17) is 5.73 Å². The Labute approximate surface area is 118 Å². The van der Waals surface area contributed by atoms with Gasteiger partial charge in [-0.1, -0.05) is 0 Å². The van der Waals surface area contributed by atoms with Crippen molar-refractivity contribution in [1.29, 1.82) is 0 Å². The number of carbonyl (C=O) groups is 1. The summed E-state index contributed by atoms with van der Waals surface area (Å²) in [5.74, 6) is -0.970. The van der Waals surface area contributed by atoms with Crippen molar-refractivity contribution in [2.75, 3.05) is 46.0 Å². The van der Waals surface area contributed by atoms with Gasteiger partial charge < -0.3 is 16.0 Å². The maximum atomic E-state index is 13.6. The number of likely N-dealkylation sites (N-methyl/N-ethyl adjacent to an activating group) is 2. The molecular formula is C14H21FN4O. The second-order valence-corrected chi connectivity index (χ2v) is 5.35. The number of anilines is 1. The van der Waals surface area contributed by atoms with Gasteiger partial charge in [-0.25, -0.2) is 4.39 Å². The molecule has 0 aromatic heterocycles. The molecule has 1 atom stereocenters. The molecule has 1 unspecified atom stereocenters. The Hall–Kier alpha value is -1.66. The van der Waals surface area contributed by atoms with Crippen molar-refractivity contribution >= 4 is 11.6 Å². The molecule has 3 N–H and O–H groups in total. The third-order valence-corrected chi connectivity index (χ3v) is 3.71. The lowest BCUT2D eigenvalue weighted by Gasteiger charge is -2.37. The third-order valence-electron chi connectivity index (χ3n) is 3.71. The van der Waals surface area contributed by atoms with Crippen LogP contribution < -0.4 is 11.1 Å². The lowest BCUT2D eigenvalue weighted by atomic mass is 10.1. The highest BCUT2D eigenvalue weighted by atomic mass is 19.1. The monoisotopic (exact) mass is 280 g/mol. The predicted octanol–water partition coefficient (Wildman–Crippen LogP) is 0.384. The Morgan fingerprint density at radius 2 is 2.20 bits per heavy atom. The number of piperazine rings is 1. The number of nitrogen functional groups attached to an aromatic ring is 1. The van der Waals surface area contributed by atoms with Gasteiger partial charge in [-0.3, -0.25) is 9.69 Å². The number of hydrogen-bond acceptors (Lipinski definition) is 4. The summed E-state index contributed by atoms with van der Waals surface area (Å²) in [5, 5.41) is 2.78. The van der Waals surface area contributed by atoms with Crippen molar-refractivity contribution in [2.24, 2.45) is 0 Å². The summed E-state index contributed by atoms with van der Waals surface area (Å²) in [4.78, 5) is 16.4. The molecule has 0 radical (unpaired) electrons. The van der Waals surface area contributed by atoms with Gasteiger partial charge in [0.25, 0.3) is 5.91 Å². The average molecular weight is 280 g/mol. The first-order valence-electron chi connectivity index (χ1n) is 6.69. The average Bonchev–Trinajstić information content (AvgIpc) is 2.42. The topological polar surface area (TPSA) is 61.6 Å². The molecular weight excluding hydrogens is 259 g/mol. The highest BCUT2D eigenvalue weighted by Gasteiger charge is 2.23. The molecule has 1 aliphatic heterocycles. The summed E-state index contributed by atoms with van der Waals surface area (Å²) in [7, 11) is 4.09. The number of hydrogen-bond donors (Lipinski definition) is 2. The summed E-state index contributed by atoms with van der Waals surface area (Å²) in [6, 6.07) is 4.25. The Bertz CT molecular complexity index is 494. The molecule has 0 spiro atoms. The Balaban J connectivity index is 1.96. The van der Waals surface area contributed by atoms with Crippen LogP contribution >= 0.6 is 0 Å². The van der Waals surface area contributed by atoms with Gasteiger partial charge in [0.15, 0.2) is 0 Å². The van der Waals surface area contributed by atoms with Crippen LogP contribution in [0.1, 0.15) is 10.4 Å². The van der Waals surface area contributed by atoms with Crippen molar-refractivity contribution in [3.05, 3.63) is 29.6 Å². The number of nitrogens with zero attached hydrogens (tertiary/aromatic N) is 2. The fourth-order valence-corrected chi connectivity index (χ4v) is 2.34. The van der Waals surface area contributed by atoms with Gasteiger partial charge >= 0.3 is 0 Å². The fraction of sp³-hybridized carbons (Fsp3) is 0.500. The van der Waals surface area contributed by atoms with Gasteiger partial charge in [0.05, 0.1) is 5.56 Å². The summed E-state index contributed by atoms with van der Waals surface area (Å²) in [6.45, 7) is 3.36. The molecule has 5 nitrogen and oxygen atoms in total. The van der Waals surface area contributed by atoms with E-state index in [1.54, 1.807) is 0 Å². The lowest BCUT2D eigenvalue weighted by molar-refractivity contribution is 0.0878. The van der Waals surface area contributed by atoms with Gasteiger partial charge in [0.1, 0.15) is 5.82 Å². The van der Waals surface area contributed by atoms with E-state index >= 15 is 0 Å². The molecule has 0 aliphatic carbocycles. The number of nitrogens with two attached hydrogens (primary N) is 1. The van der Waals surface area contributed by atoms with E-state index in [2.05, 4.69) is 22.2 Å². The molecule has 1 heterocycles. The van der Waals surface area contributed by atoms with Gasteiger partial charge in [-0.15, -0.1) is 0 Å². The first-order valence-corrected chi connectivity index (χ1v) is 6.69. The van der Waals surface area contributed by atoms with Crippen LogP contribution in [-0.4, -0.2) is 62.0 Å². The molecule has 0 saturated carbocycles. The Morgan fingerprint density at radius 1 is 1.45 bits per heavy atom. The zero-order chi connectivity index (χ0) is 14.7. The normalized spacial score (nSPS) is 20.9. The lowest BCUT2D eigenvalue weighted by Crippen LogP contribution is -2.54. The molecule has 1 fully saturated rings. The van der Waals surface area contributed by atoms with Gasteiger partial charge in [-0.05, 0) is 32.3 Å². The third kappa shape index (κ3) is 3.46. The number of benzene rings is 1. The summed E-state index contributed by atoms with van der Waals surface area (Å²) >= 11 is 0. The summed E-state index contributed by atoms with van der Waals surface area (Å²) in [5.41, 5.74) is 5.96. The number of nitrogens with one attached hydrogen (secondary N) is 1. The van der Waals surface area contributed by atoms with Crippen LogP contribution in [0.15, 0.2) is 18.2 Å². The Morgan fingerprint density at radius 3 is 2.95 bits per heavy atom. The zero-order valence-electron chi connectivity index (χ0n) is 11.9. The van der Waals surface area contributed by atoms with E-state index in [-0.39, 0.29) is 11.6 Å². The van der Waals surface area contributed by atoms with Gasteiger partial charge in [0, 0.05) is 37.9 Å². The maximum Gasteiger partial charge on any atom is 0.254 e. The van der Waals surface area contributed by atoms with Crippen molar-refractivity contribution in [3.8, 4) is 0 Å². The number of halogens is 1. The quantitative estimate of drug-likeness (QED) is 0.786. The minimum Gasteiger partial charge on any atom is -0.399 e. The van der Waals surface area contributed by atoms with E-state index in [1.807, 2.05) is 7.05 Å². The van der Waals surface area contributed by atoms with Crippen LogP contribution in [0.3, 0.4) is 0 Å². The largest absolute Gasteiger partial charge is 0.399 e. The van der Waals surface area contributed by atoms with Gasteiger partial charge in [-0.2, -0.15) is 0 Å². The van der Waals surface area contributed by atoms with E-state index in [9.17, 15) is 9.18 Å². The molecule has 1 amide bonds. The van der Waals surface area contributed by atoms with Crippen molar-refractivity contribution < 1.29 is 9.18 Å². The summed E-state index contributed by atoms with van der Waals surface area (Å²) in [6.07, 6.45) is 0. The molecule has 1 aliphatic rings. The fourth-order valence-electron chi connectivity index (χ4n) is 2.34. The van der Waals surface area contributed by atoms with Crippen molar-refractivity contribution in [1.82, 2.24) is 15.1 Å². The molecule has 1 saturated heterocycles. The molecule has 1 aromatic rings. The first-order chi connectivity index (χ1) is 9.47. The van der Waals surface area contributed by atoms with Crippen molar-refractivity contribution in [2.45, 2.75) is 6.04 Å². The second-order valence-electron chi connectivity index (χ2n) is 5.35. The number of rotatable bonds is 3. The SMILES string of the molecule is CN1CCN(C)C(CNC(=O)c2cc(N)ccc2F)C1. The van der Waals surface area contributed by atoms with Crippen LogP contribution in [0.5, 0.6) is 0 Å². The van der Waals surface area contributed by atoms with Crippen LogP contribution in [0, 0.1) is 5.82 Å². The summed E-state index contributed by atoms with van der Waals surface area (Å²) < 4.78 is 13.6. The van der Waals surface area contributed by atoms with E-state index < -0.39 is 11.7 Å². The predicted molar refractivity (Wildman–Crippen MR) is 77.1 cm³/mol. The van der Waals surface area contributed by atoms with Crippen molar-refractivity contribution in [3.63, 3.8) is 0 Å². The highest BCUT2D eigenvalue weighted by Crippen LogP contribution is 2.12. The highest BCUT2D eigenvalue weighted by molar-refractivity contribution is 5.95. The maximum absolute atomic E-state index is 13.6. The molecule has 110 valence electrons. The molecule has 6 heteroatoms. The minimum atomic E-state index is -0.550. The second kappa shape index (κ2) is 6.19.